The lowest BCUT2D eigenvalue weighted by molar-refractivity contribution is -0.164. The van der Waals surface area contributed by atoms with Crippen LogP contribution in [0.1, 0.15) is 35.5 Å². The Bertz CT molecular complexity index is 890. The van der Waals surface area contributed by atoms with Gasteiger partial charge in [0.1, 0.15) is 11.9 Å². The molecule has 0 amide bonds. The summed E-state index contributed by atoms with van der Waals surface area (Å²) in [6.07, 6.45) is -1.63. The van der Waals surface area contributed by atoms with Crippen LogP contribution in [-0.2, 0) is 11.2 Å². The van der Waals surface area contributed by atoms with Gasteiger partial charge in [-0.2, -0.15) is 0 Å². The highest BCUT2D eigenvalue weighted by molar-refractivity contribution is 7.19. The van der Waals surface area contributed by atoms with Crippen molar-refractivity contribution in [2.45, 2.75) is 44.2 Å². The predicted molar refractivity (Wildman–Crippen MR) is 101 cm³/mol. The molecule has 26 heavy (non-hydrogen) atoms. The van der Waals surface area contributed by atoms with Crippen LogP contribution in [0.25, 0.3) is 10.1 Å². The molecule has 1 saturated heterocycles. The van der Waals surface area contributed by atoms with E-state index in [2.05, 4.69) is 18.2 Å². The first-order valence-electron chi connectivity index (χ1n) is 8.78. The van der Waals surface area contributed by atoms with Gasteiger partial charge in [-0.1, -0.05) is 24.3 Å². The van der Waals surface area contributed by atoms with Gasteiger partial charge in [0.2, 0.25) is 0 Å². The van der Waals surface area contributed by atoms with Crippen LogP contribution in [-0.4, -0.2) is 28.5 Å². The van der Waals surface area contributed by atoms with Crippen LogP contribution in [0.4, 0.5) is 4.39 Å². The van der Waals surface area contributed by atoms with Gasteiger partial charge in [0.15, 0.2) is 0 Å². The number of fused-ring (bicyclic) bond motifs is 1. The second-order valence-electron chi connectivity index (χ2n) is 6.91. The fraction of sp³-hybridized carbons (Fsp3) is 0.333. The molecule has 1 aliphatic rings. The first-order chi connectivity index (χ1) is 12.5. The van der Waals surface area contributed by atoms with Gasteiger partial charge in [0.25, 0.3) is 0 Å². The van der Waals surface area contributed by atoms with Gasteiger partial charge in [0, 0.05) is 22.4 Å². The largest absolute Gasteiger partial charge is 0.390 e. The molecule has 2 aromatic carbocycles. The van der Waals surface area contributed by atoms with Crippen molar-refractivity contribution in [2.75, 3.05) is 0 Å². The molecule has 1 aliphatic heterocycles. The van der Waals surface area contributed by atoms with E-state index in [4.69, 9.17) is 4.74 Å². The number of aliphatic hydroxyl groups is 2. The molecule has 0 aliphatic carbocycles. The van der Waals surface area contributed by atoms with E-state index < -0.39 is 18.3 Å². The Labute approximate surface area is 155 Å². The molecule has 4 atom stereocenters. The smallest absolute Gasteiger partial charge is 0.126 e. The first-order valence-corrected chi connectivity index (χ1v) is 9.60. The van der Waals surface area contributed by atoms with Gasteiger partial charge in [-0.25, -0.2) is 4.39 Å². The monoisotopic (exact) mass is 372 g/mol. The van der Waals surface area contributed by atoms with E-state index in [0.29, 0.717) is 12.0 Å². The number of hydrogen-bond donors (Lipinski definition) is 2. The minimum Gasteiger partial charge on any atom is -0.390 e. The van der Waals surface area contributed by atoms with Crippen molar-refractivity contribution in [3.8, 4) is 0 Å². The summed E-state index contributed by atoms with van der Waals surface area (Å²) < 4.78 is 21.3. The highest BCUT2D eigenvalue weighted by atomic mass is 32.1. The molecule has 5 heteroatoms. The van der Waals surface area contributed by atoms with Gasteiger partial charge in [-0.15, -0.1) is 11.3 Å². The van der Waals surface area contributed by atoms with Crippen molar-refractivity contribution in [1.29, 1.82) is 0 Å². The molecule has 0 spiro atoms. The number of rotatable bonds is 3. The standard InChI is InChI=1S/C21H21FO3S/c1-12-18(23)11-19(24)21(25-12)14-6-7-17(22)15(8-14)10-16-9-13-4-2-3-5-20(13)26-16/h2-9,12,18-19,21,23-24H,10-11H2,1H3. The molecule has 2 heterocycles. The average Bonchev–Trinajstić information content (AvgIpc) is 3.02. The van der Waals surface area contributed by atoms with Crippen LogP contribution < -0.4 is 0 Å². The van der Waals surface area contributed by atoms with Crippen molar-refractivity contribution in [3.63, 3.8) is 0 Å². The third kappa shape index (κ3) is 3.40. The molecule has 1 fully saturated rings. The Morgan fingerprint density at radius 1 is 1.12 bits per heavy atom. The molecular formula is C21H21FO3S. The van der Waals surface area contributed by atoms with Gasteiger partial charge < -0.3 is 14.9 Å². The highest BCUT2D eigenvalue weighted by Gasteiger charge is 2.35. The van der Waals surface area contributed by atoms with Crippen molar-refractivity contribution in [1.82, 2.24) is 0 Å². The summed E-state index contributed by atoms with van der Waals surface area (Å²) in [4.78, 5) is 1.09. The van der Waals surface area contributed by atoms with E-state index in [1.807, 2.05) is 12.1 Å². The Morgan fingerprint density at radius 2 is 1.92 bits per heavy atom. The molecule has 3 nitrogen and oxygen atoms in total. The number of hydrogen-bond acceptors (Lipinski definition) is 4. The predicted octanol–water partition coefficient (Wildman–Crippen LogP) is 4.20. The minimum absolute atomic E-state index is 0.259. The van der Waals surface area contributed by atoms with E-state index in [-0.39, 0.29) is 18.3 Å². The maximum atomic E-state index is 14.4. The second kappa shape index (κ2) is 7.08. The van der Waals surface area contributed by atoms with Gasteiger partial charge in [0.05, 0.1) is 18.3 Å². The molecule has 3 aromatic rings. The number of thiophene rings is 1. The Hall–Kier alpha value is -1.79. The quantitative estimate of drug-likeness (QED) is 0.724. The van der Waals surface area contributed by atoms with E-state index in [9.17, 15) is 14.6 Å². The van der Waals surface area contributed by atoms with Crippen molar-refractivity contribution >= 4 is 21.4 Å². The number of benzene rings is 2. The maximum absolute atomic E-state index is 14.4. The van der Waals surface area contributed by atoms with Crippen LogP contribution in [0.3, 0.4) is 0 Å². The Morgan fingerprint density at radius 3 is 2.73 bits per heavy atom. The van der Waals surface area contributed by atoms with E-state index >= 15 is 0 Å². The van der Waals surface area contributed by atoms with Crippen LogP contribution in [0.2, 0.25) is 0 Å². The summed E-state index contributed by atoms with van der Waals surface area (Å²) in [6, 6.07) is 15.1. The third-order valence-corrected chi connectivity index (χ3v) is 6.09. The summed E-state index contributed by atoms with van der Waals surface area (Å²) in [5, 5.41) is 21.3. The van der Waals surface area contributed by atoms with Crippen molar-refractivity contribution in [2.24, 2.45) is 0 Å². The van der Waals surface area contributed by atoms with Crippen LogP contribution in [0.5, 0.6) is 0 Å². The zero-order valence-corrected chi connectivity index (χ0v) is 15.2. The lowest BCUT2D eigenvalue weighted by Crippen LogP contribution is -2.41. The lowest BCUT2D eigenvalue weighted by atomic mass is 9.93. The number of aliphatic hydroxyl groups excluding tert-OH is 2. The summed E-state index contributed by atoms with van der Waals surface area (Å²) >= 11 is 1.66. The summed E-state index contributed by atoms with van der Waals surface area (Å²) in [5.74, 6) is -0.260. The average molecular weight is 372 g/mol. The number of ether oxygens (including phenoxy) is 1. The molecule has 0 bridgehead atoms. The molecule has 4 rings (SSSR count). The summed E-state index contributed by atoms with van der Waals surface area (Å²) in [7, 11) is 0. The molecule has 0 saturated carbocycles. The molecule has 4 unspecified atom stereocenters. The topological polar surface area (TPSA) is 49.7 Å². The maximum Gasteiger partial charge on any atom is 0.126 e. The lowest BCUT2D eigenvalue weighted by Gasteiger charge is -2.36. The van der Waals surface area contributed by atoms with E-state index in [1.54, 1.807) is 30.4 Å². The minimum atomic E-state index is -0.802. The second-order valence-corrected chi connectivity index (χ2v) is 8.08. The molecule has 2 N–H and O–H groups in total. The Kier molecular flexibility index (Phi) is 4.80. The van der Waals surface area contributed by atoms with Crippen LogP contribution >= 0.6 is 11.3 Å². The van der Waals surface area contributed by atoms with Gasteiger partial charge in [-0.05, 0) is 47.7 Å². The molecule has 136 valence electrons. The zero-order chi connectivity index (χ0) is 18.3. The number of halogens is 1. The summed E-state index contributed by atoms with van der Waals surface area (Å²) in [6.45, 7) is 1.78. The fourth-order valence-electron chi connectivity index (χ4n) is 3.49. The molecule has 0 radical (unpaired) electrons. The Balaban J connectivity index is 1.62. The van der Waals surface area contributed by atoms with Gasteiger partial charge >= 0.3 is 0 Å². The van der Waals surface area contributed by atoms with E-state index in [1.165, 1.54) is 10.8 Å². The highest BCUT2D eigenvalue weighted by Crippen LogP contribution is 2.34. The van der Waals surface area contributed by atoms with Crippen molar-refractivity contribution in [3.05, 3.63) is 70.4 Å². The van der Waals surface area contributed by atoms with Crippen LogP contribution in [0.15, 0.2) is 48.5 Å². The van der Waals surface area contributed by atoms with E-state index in [0.717, 1.165) is 15.8 Å². The fourth-order valence-corrected chi connectivity index (χ4v) is 4.58. The normalized spacial score (nSPS) is 26.3. The van der Waals surface area contributed by atoms with Gasteiger partial charge in [-0.3, -0.25) is 0 Å². The third-order valence-electron chi connectivity index (χ3n) is 4.98. The summed E-state index contributed by atoms with van der Waals surface area (Å²) in [5.41, 5.74) is 1.33. The SMILES string of the molecule is CC1OC(c2ccc(F)c(Cc3cc4ccccc4s3)c2)C(O)CC1O. The van der Waals surface area contributed by atoms with Crippen LogP contribution in [0, 0.1) is 5.82 Å². The first kappa shape index (κ1) is 17.6. The molecular weight excluding hydrogens is 351 g/mol. The zero-order valence-electron chi connectivity index (χ0n) is 14.4. The van der Waals surface area contributed by atoms with Crippen molar-refractivity contribution < 1.29 is 19.3 Å². The molecule has 1 aromatic heterocycles.